The van der Waals surface area contributed by atoms with Gasteiger partial charge in [-0.3, -0.25) is 9.59 Å². The van der Waals surface area contributed by atoms with Gasteiger partial charge in [0.25, 0.3) is 0 Å². The molecule has 0 aromatic heterocycles. The Kier molecular flexibility index (Phi) is 5.46. The summed E-state index contributed by atoms with van der Waals surface area (Å²) < 4.78 is 0. The summed E-state index contributed by atoms with van der Waals surface area (Å²) >= 11 is 0. The number of carbonyl (C=O) groups excluding carboxylic acids is 2. The van der Waals surface area contributed by atoms with Crippen molar-refractivity contribution in [3.63, 3.8) is 0 Å². The maximum Gasteiger partial charge on any atom is 0.249 e. The van der Waals surface area contributed by atoms with Crippen molar-refractivity contribution < 1.29 is 9.59 Å². The molecule has 0 aromatic carbocycles. The third kappa shape index (κ3) is 2.82. The molecule has 4 heteroatoms. The maximum absolute atomic E-state index is 13.2. The molecular formula is C17H32N2O2. The van der Waals surface area contributed by atoms with E-state index in [1.807, 2.05) is 32.6 Å². The second kappa shape index (κ2) is 6.37. The Morgan fingerprint density at radius 3 is 1.95 bits per heavy atom. The van der Waals surface area contributed by atoms with Crippen LogP contribution in [0.25, 0.3) is 0 Å². The van der Waals surface area contributed by atoms with Crippen molar-refractivity contribution in [2.45, 2.75) is 91.3 Å². The van der Waals surface area contributed by atoms with Gasteiger partial charge in [-0.05, 0) is 38.5 Å². The summed E-state index contributed by atoms with van der Waals surface area (Å²) in [6.45, 7) is 14.2. The highest BCUT2D eigenvalue weighted by Gasteiger charge is 2.53. The Balaban J connectivity index is 3.42. The topological polar surface area (TPSA) is 49.4 Å². The molecule has 0 spiro atoms. The molecule has 1 N–H and O–H groups in total. The molecule has 4 nitrogen and oxygen atoms in total. The van der Waals surface area contributed by atoms with E-state index in [0.717, 1.165) is 19.3 Å². The fourth-order valence-corrected chi connectivity index (χ4v) is 3.52. The standard InChI is InChI=1S/C17H32N2O2/c1-8-16(7)15(21)19(17(9-2,10-3)11-4)13(12(5)6)14(20)18-16/h12-13H,8-11H2,1-7H3,(H,18,20). The van der Waals surface area contributed by atoms with E-state index in [0.29, 0.717) is 6.42 Å². The van der Waals surface area contributed by atoms with Crippen LogP contribution in [0.1, 0.15) is 74.1 Å². The summed E-state index contributed by atoms with van der Waals surface area (Å²) in [6.07, 6.45) is 3.25. The molecule has 1 fully saturated rings. The van der Waals surface area contributed by atoms with E-state index >= 15 is 0 Å². The third-order valence-corrected chi connectivity index (χ3v) is 5.46. The maximum atomic E-state index is 13.2. The van der Waals surface area contributed by atoms with Crippen LogP contribution in [0.4, 0.5) is 0 Å². The van der Waals surface area contributed by atoms with E-state index in [1.165, 1.54) is 0 Å². The molecule has 2 amide bonds. The van der Waals surface area contributed by atoms with Gasteiger partial charge in [0, 0.05) is 5.54 Å². The largest absolute Gasteiger partial charge is 0.340 e. The van der Waals surface area contributed by atoms with Gasteiger partial charge in [-0.1, -0.05) is 41.5 Å². The molecule has 0 aliphatic carbocycles. The van der Waals surface area contributed by atoms with E-state index in [-0.39, 0.29) is 29.3 Å². The number of nitrogens with zero attached hydrogens (tertiary/aromatic N) is 1. The Morgan fingerprint density at radius 2 is 1.62 bits per heavy atom. The normalized spacial score (nSPS) is 27.2. The SMILES string of the molecule is CCC1(C)NC(=O)C(C(C)C)N(C(CC)(CC)CC)C1=O. The zero-order valence-electron chi connectivity index (χ0n) is 14.7. The molecule has 0 aromatic rings. The molecule has 0 bridgehead atoms. The Morgan fingerprint density at radius 1 is 1.14 bits per heavy atom. The molecule has 2 atom stereocenters. The first-order valence-electron chi connectivity index (χ1n) is 8.38. The molecule has 0 saturated carbocycles. The summed E-state index contributed by atoms with van der Waals surface area (Å²) in [6, 6.07) is -0.364. The number of piperazine rings is 1. The van der Waals surface area contributed by atoms with Gasteiger partial charge in [0.05, 0.1) is 0 Å². The molecule has 21 heavy (non-hydrogen) atoms. The highest BCUT2D eigenvalue weighted by Crippen LogP contribution is 2.37. The molecule has 1 aliphatic heterocycles. The van der Waals surface area contributed by atoms with Crippen molar-refractivity contribution in [3.8, 4) is 0 Å². The summed E-state index contributed by atoms with van der Waals surface area (Å²) in [5, 5.41) is 2.97. The second-order valence-electron chi connectivity index (χ2n) is 6.82. The highest BCUT2D eigenvalue weighted by molar-refractivity contribution is 6.00. The average molecular weight is 296 g/mol. The van der Waals surface area contributed by atoms with E-state index in [4.69, 9.17) is 0 Å². The Labute approximate surface area is 129 Å². The first kappa shape index (κ1) is 18.0. The van der Waals surface area contributed by atoms with Crippen molar-refractivity contribution in [1.82, 2.24) is 10.2 Å². The lowest BCUT2D eigenvalue weighted by molar-refractivity contribution is -0.166. The Bertz CT molecular complexity index is 393. The number of amides is 2. The highest BCUT2D eigenvalue weighted by atomic mass is 16.2. The van der Waals surface area contributed by atoms with Crippen LogP contribution < -0.4 is 5.32 Å². The molecule has 1 rings (SSSR count). The lowest BCUT2D eigenvalue weighted by Gasteiger charge is -2.54. The molecule has 0 radical (unpaired) electrons. The number of hydrogen-bond acceptors (Lipinski definition) is 2. The zero-order chi connectivity index (χ0) is 16.4. The van der Waals surface area contributed by atoms with Crippen molar-refractivity contribution in [2.24, 2.45) is 5.92 Å². The summed E-state index contributed by atoms with van der Waals surface area (Å²) in [7, 11) is 0. The van der Waals surface area contributed by atoms with Crippen LogP contribution >= 0.6 is 0 Å². The molecular weight excluding hydrogens is 264 g/mol. The number of hydrogen-bond donors (Lipinski definition) is 1. The molecule has 1 heterocycles. The molecule has 1 aliphatic rings. The number of rotatable bonds is 6. The fraction of sp³-hybridized carbons (Fsp3) is 0.882. The molecule has 122 valence electrons. The van der Waals surface area contributed by atoms with Crippen LogP contribution in [0, 0.1) is 5.92 Å². The van der Waals surface area contributed by atoms with E-state index in [1.54, 1.807) is 0 Å². The van der Waals surface area contributed by atoms with E-state index < -0.39 is 5.54 Å². The van der Waals surface area contributed by atoms with E-state index in [9.17, 15) is 9.59 Å². The predicted molar refractivity (Wildman–Crippen MR) is 85.9 cm³/mol. The van der Waals surface area contributed by atoms with Gasteiger partial charge in [0.15, 0.2) is 0 Å². The van der Waals surface area contributed by atoms with Crippen molar-refractivity contribution in [3.05, 3.63) is 0 Å². The van der Waals surface area contributed by atoms with Crippen molar-refractivity contribution in [1.29, 1.82) is 0 Å². The summed E-state index contributed by atoms with van der Waals surface area (Å²) in [4.78, 5) is 27.8. The van der Waals surface area contributed by atoms with Crippen LogP contribution in [0.2, 0.25) is 0 Å². The smallest absolute Gasteiger partial charge is 0.249 e. The Hall–Kier alpha value is -1.06. The molecule has 1 saturated heterocycles. The third-order valence-electron chi connectivity index (χ3n) is 5.46. The van der Waals surface area contributed by atoms with Gasteiger partial charge >= 0.3 is 0 Å². The van der Waals surface area contributed by atoms with Gasteiger partial charge in [0.1, 0.15) is 11.6 Å². The monoisotopic (exact) mass is 296 g/mol. The lowest BCUT2D eigenvalue weighted by atomic mass is 9.79. The molecule has 2 unspecified atom stereocenters. The van der Waals surface area contributed by atoms with Gasteiger partial charge in [-0.2, -0.15) is 0 Å². The van der Waals surface area contributed by atoms with Gasteiger partial charge in [-0.15, -0.1) is 0 Å². The first-order chi connectivity index (χ1) is 9.72. The van der Waals surface area contributed by atoms with Crippen LogP contribution in [-0.4, -0.2) is 33.8 Å². The van der Waals surface area contributed by atoms with Crippen LogP contribution in [-0.2, 0) is 9.59 Å². The minimum atomic E-state index is -0.771. The van der Waals surface area contributed by atoms with Gasteiger partial charge in [-0.25, -0.2) is 0 Å². The van der Waals surface area contributed by atoms with Gasteiger partial charge < -0.3 is 10.2 Å². The number of nitrogens with one attached hydrogen (secondary N) is 1. The average Bonchev–Trinajstić information content (AvgIpc) is 2.45. The van der Waals surface area contributed by atoms with Crippen LogP contribution in [0.5, 0.6) is 0 Å². The number of carbonyl (C=O) groups is 2. The van der Waals surface area contributed by atoms with Crippen molar-refractivity contribution in [2.75, 3.05) is 0 Å². The predicted octanol–water partition coefficient (Wildman–Crippen LogP) is 3.11. The zero-order valence-corrected chi connectivity index (χ0v) is 14.7. The lowest BCUT2D eigenvalue weighted by Crippen LogP contribution is -2.74. The van der Waals surface area contributed by atoms with Crippen LogP contribution in [0.3, 0.4) is 0 Å². The van der Waals surface area contributed by atoms with Crippen molar-refractivity contribution >= 4 is 11.8 Å². The van der Waals surface area contributed by atoms with Gasteiger partial charge in [0.2, 0.25) is 11.8 Å². The quantitative estimate of drug-likeness (QED) is 0.818. The summed E-state index contributed by atoms with van der Waals surface area (Å²) in [5.41, 5.74) is -0.993. The minimum absolute atomic E-state index is 0.00586. The minimum Gasteiger partial charge on any atom is -0.340 e. The van der Waals surface area contributed by atoms with E-state index in [2.05, 4.69) is 26.1 Å². The first-order valence-corrected chi connectivity index (χ1v) is 8.38. The fourth-order valence-electron chi connectivity index (χ4n) is 3.52. The second-order valence-corrected chi connectivity index (χ2v) is 6.82. The summed E-state index contributed by atoms with van der Waals surface area (Å²) in [5.74, 6) is 0.182. The van der Waals surface area contributed by atoms with Crippen LogP contribution in [0.15, 0.2) is 0 Å².